The number of pyridine rings is 1. The van der Waals surface area contributed by atoms with Gasteiger partial charge in [-0.2, -0.15) is 0 Å². The fraction of sp³-hybridized carbons (Fsp3) is 0.567. The van der Waals surface area contributed by atoms with E-state index >= 15 is 0 Å². The molecule has 1 unspecified atom stereocenters. The molecule has 1 aromatic heterocycles. The highest BCUT2D eigenvalue weighted by Crippen LogP contribution is 2.41. The van der Waals surface area contributed by atoms with Gasteiger partial charge in [0.25, 0.3) is 11.5 Å². The first-order valence-corrected chi connectivity index (χ1v) is 13.6. The number of aliphatic hydroxyl groups is 2. The molecule has 0 spiro atoms. The summed E-state index contributed by atoms with van der Waals surface area (Å²) in [6.45, 7) is 4.32. The van der Waals surface area contributed by atoms with E-state index in [2.05, 4.69) is 0 Å². The third kappa shape index (κ3) is 5.57. The van der Waals surface area contributed by atoms with Crippen LogP contribution in [0.15, 0.2) is 47.4 Å². The van der Waals surface area contributed by atoms with Gasteiger partial charge in [-0.3, -0.25) is 14.4 Å². The Balaban J connectivity index is 1.58. The first-order valence-electron chi connectivity index (χ1n) is 13.6. The molecule has 1 aromatic carbocycles. The number of carbonyl (C=O) groups excluding carboxylic acids is 2. The van der Waals surface area contributed by atoms with Gasteiger partial charge in [0.05, 0.1) is 30.2 Å². The Hall–Kier alpha value is -2.97. The Morgan fingerprint density at radius 1 is 1.16 bits per heavy atom. The molecule has 1 aliphatic heterocycles. The van der Waals surface area contributed by atoms with Crippen molar-refractivity contribution in [3.05, 3.63) is 58.5 Å². The summed E-state index contributed by atoms with van der Waals surface area (Å²) in [6, 6.07) is 10.8. The lowest BCUT2D eigenvalue weighted by molar-refractivity contribution is -0.159. The highest BCUT2D eigenvalue weighted by Gasteiger charge is 2.49. The molecule has 2 amide bonds. The van der Waals surface area contributed by atoms with Crippen LogP contribution in [0, 0.1) is 17.3 Å². The fourth-order valence-corrected chi connectivity index (χ4v) is 5.73. The minimum atomic E-state index is -1.27. The van der Waals surface area contributed by atoms with Gasteiger partial charge < -0.3 is 24.6 Å². The SMILES string of the molecule is CN(C)C(=O)c1cn(C[C@]2(O)CCN(C(=O)C(CO)CC3CCC3)CC2(C)C)c(=O)cc1-c1ccccc1. The molecule has 8 heteroatoms. The van der Waals surface area contributed by atoms with Gasteiger partial charge in [0, 0.05) is 50.4 Å². The van der Waals surface area contributed by atoms with Crippen LogP contribution in [0.1, 0.15) is 56.3 Å². The van der Waals surface area contributed by atoms with Crippen LogP contribution >= 0.6 is 0 Å². The number of aliphatic hydroxyl groups excluding tert-OH is 1. The number of likely N-dealkylation sites (tertiary alicyclic amines) is 1. The van der Waals surface area contributed by atoms with Gasteiger partial charge >= 0.3 is 0 Å². The Labute approximate surface area is 224 Å². The van der Waals surface area contributed by atoms with Gasteiger partial charge in [0.1, 0.15) is 0 Å². The van der Waals surface area contributed by atoms with E-state index in [9.17, 15) is 24.6 Å². The second-order valence-electron chi connectivity index (χ2n) is 12.0. The average Bonchev–Trinajstić information content (AvgIpc) is 2.86. The third-order valence-electron chi connectivity index (χ3n) is 8.64. The molecule has 0 radical (unpaired) electrons. The number of piperidine rings is 1. The first-order chi connectivity index (χ1) is 18.0. The lowest BCUT2D eigenvalue weighted by Gasteiger charge is -2.51. The van der Waals surface area contributed by atoms with Crippen molar-refractivity contribution in [2.24, 2.45) is 17.3 Å². The van der Waals surface area contributed by atoms with Crippen LogP contribution in [0.5, 0.6) is 0 Å². The molecule has 1 saturated heterocycles. The third-order valence-corrected chi connectivity index (χ3v) is 8.64. The number of aromatic nitrogens is 1. The summed E-state index contributed by atoms with van der Waals surface area (Å²) in [7, 11) is 3.33. The quantitative estimate of drug-likeness (QED) is 0.554. The van der Waals surface area contributed by atoms with Gasteiger partial charge in [-0.05, 0) is 24.3 Å². The summed E-state index contributed by atoms with van der Waals surface area (Å²) in [5, 5.41) is 21.7. The zero-order chi connectivity index (χ0) is 27.7. The van der Waals surface area contributed by atoms with E-state index < -0.39 is 16.9 Å². The molecule has 1 saturated carbocycles. The van der Waals surface area contributed by atoms with E-state index in [1.165, 1.54) is 22.0 Å². The Morgan fingerprint density at radius 3 is 2.39 bits per heavy atom. The van der Waals surface area contributed by atoms with Crippen molar-refractivity contribution >= 4 is 11.8 Å². The van der Waals surface area contributed by atoms with Crippen molar-refractivity contribution in [3.63, 3.8) is 0 Å². The van der Waals surface area contributed by atoms with Crippen LogP contribution < -0.4 is 5.56 Å². The molecule has 2 atom stereocenters. The van der Waals surface area contributed by atoms with E-state index in [1.807, 2.05) is 44.2 Å². The Kier molecular flexibility index (Phi) is 8.14. The Bertz CT molecular complexity index is 1220. The molecule has 2 aromatic rings. The predicted molar refractivity (Wildman–Crippen MR) is 147 cm³/mol. The minimum absolute atomic E-state index is 0.00907. The van der Waals surface area contributed by atoms with Gasteiger partial charge in [-0.15, -0.1) is 0 Å². The van der Waals surface area contributed by atoms with Gasteiger partial charge in [0.15, 0.2) is 0 Å². The number of hydrogen-bond donors (Lipinski definition) is 2. The average molecular weight is 524 g/mol. The molecule has 2 aliphatic rings. The molecule has 1 aliphatic carbocycles. The second kappa shape index (κ2) is 11.0. The standard InChI is InChI=1S/C30H41N3O5/c1-29(2)19-32(27(36)23(18-34)15-21-9-8-10-21)14-13-30(29,38)20-33-17-25(28(37)31(3)4)24(16-26(33)35)22-11-6-5-7-12-22/h5-7,11-12,16-17,21,23,34,38H,8-10,13-15,18-20H2,1-4H3/t23?,30-/m1/s1. The maximum absolute atomic E-state index is 13.3. The van der Waals surface area contributed by atoms with E-state index in [0.29, 0.717) is 36.6 Å². The summed E-state index contributed by atoms with van der Waals surface area (Å²) in [5.41, 5.74) is -0.588. The second-order valence-corrected chi connectivity index (χ2v) is 12.0. The Morgan fingerprint density at radius 2 is 1.84 bits per heavy atom. The van der Waals surface area contributed by atoms with Crippen LogP contribution in [-0.4, -0.2) is 75.8 Å². The topological polar surface area (TPSA) is 103 Å². The van der Waals surface area contributed by atoms with Crippen molar-refractivity contribution in [2.75, 3.05) is 33.8 Å². The first kappa shape index (κ1) is 28.0. The van der Waals surface area contributed by atoms with Crippen LogP contribution in [-0.2, 0) is 11.3 Å². The summed E-state index contributed by atoms with van der Waals surface area (Å²) in [4.78, 5) is 42.8. The highest BCUT2D eigenvalue weighted by molar-refractivity contribution is 6.00. The minimum Gasteiger partial charge on any atom is -0.396 e. The number of benzene rings is 1. The molecule has 2 fully saturated rings. The summed E-state index contributed by atoms with van der Waals surface area (Å²) < 4.78 is 1.43. The zero-order valence-corrected chi connectivity index (χ0v) is 23.0. The van der Waals surface area contributed by atoms with Gasteiger partial charge in [0.2, 0.25) is 5.91 Å². The molecule has 0 bridgehead atoms. The lowest BCUT2D eigenvalue weighted by atomic mass is 9.69. The molecule has 8 nitrogen and oxygen atoms in total. The normalized spacial score (nSPS) is 22.0. The zero-order valence-electron chi connectivity index (χ0n) is 23.0. The van der Waals surface area contributed by atoms with Crippen molar-refractivity contribution in [1.82, 2.24) is 14.4 Å². The molecular weight excluding hydrogens is 482 g/mol. The van der Waals surface area contributed by atoms with Crippen molar-refractivity contribution < 1.29 is 19.8 Å². The van der Waals surface area contributed by atoms with Crippen LogP contribution in [0.4, 0.5) is 0 Å². The monoisotopic (exact) mass is 523 g/mol. The number of hydrogen-bond acceptors (Lipinski definition) is 5. The summed E-state index contributed by atoms with van der Waals surface area (Å²) in [5.74, 6) is -0.186. The van der Waals surface area contributed by atoms with Crippen molar-refractivity contribution in [2.45, 2.75) is 58.1 Å². The largest absolute Gasteiger partial charge is 0.396 e. The summed E-state index contributed by atoms with van der Waals surface area (Å²) >= 11 is 0. The van der Waals surface area contributed by atoms with E-state index in [1.54, 1.807) is 25.2 Å². The van der Waals surface area contributed by atoms with Gasteiger partial charge in [-0.25, -0.2) is 0 Å². The number of amides is 2. The number of nitrogens with zero attached hydrogens (tertiary/aromatic N) is 3. The molecule has 2 N–H and O–H groups in total. The van der Waals surface area contributed by atoms with E-state index in [-0.39, 0.29) is 36.9 Å². The molecular formula is C30H41N3O5. The maximum Gasteiger partial charge on any atom is 0.255 e. The number of carbonyl (C=O) groups is 2. The van der Waals surface area contributed by atoms with Crippen LogP contribution in [0.3, 0.4) is 0 Å². The molecule has 38 heavy (non-hydrogen) atoms. The van der Waals surface area contributed by atoms with Crippen molar-refractivity contribution in [1.29, 1.82) is 0 Å². The van der Waals surface area contributed by atoms with E-state index in [4.69, 9.17) is 0 Å². The number of rotatable bonds is 8. The smallest absolute Gasteiger partial charge is 0.255 e. The highest BCUT2D eigenvalue weighted by atomic mass is 16.3. The lowest BCUT2D eigenvalue weighted by Crippen LogP contribution is -2.61. The van der Waals surface area contributed by atoms with E-state index in [0.717, 1.165) is 18.4 Å². The molecule has 206 valence electrons. The molecule has 2 heterocycles. The van der Waals surface area contributed by atoms with Crippen LogP contribution in [0.2, 0.25) is 0 Å². The maximum atomic E-state index is 13.3. The predicted octanol–water partition coefficient (Wildman–Crippen LogP) is 3.01. The summed E-state index contributed by atoms with van der Waals surface area (Å²) in [6.07, 6.45) is 5.98. The van der Waals surface area contributed by atoms with Crippen molar-refractivity contribution in [3.8, 4) is 11.1 Å². The molecule has 4 rings (SSSR count). The fourth-order valence-electron chi connectivity index (χ4n) is 5.73. The van der Waals surface area contributed by atoms with Crippen LogP contribution in [0.25, 0.3) is 11.1 Å². The van der Waals surface area contributed by atoms with Gasteiger partial charge in [-0.1, -0.05) is 63.4 Å².